The molecule has 0 saturated carbocycles. The molecule has 2 rings (SSSR count). The molecule has 0 aromatic heterocycles. The number of rotatable bonds is 6. The summed E-state index contributed by atoms with van der Waals surface area (Å²) in [7, 11) is 2.93. The number of carbonyl (C=O) groups excluding carboxylic acids is 4. The maximum absolute atomic E-state index is 11.9. The summed E-state index contributed by atoms with van der Waals surface area (Å²) < 4.78 is 10.1. The van der Waals surface area contributed by atoms with Crippen LogP contribution in [0.2, 0.25) is 0 Å². The number of ether oxygens (including phenoxy) is 2. The Labute approximate surface area is 201 Å². The minimum atomic E-state index is -0.623. The fourth-order valence-electron chi connectivity index (χ4n) is 2.70. The molecule has 2 N–H and O–H groups in total. The number of carbonyl (C=O) groups is 4. The summed E-state index contributed by atoms with van der Waals surface area (Å²) in [5.41, 5.74) is -0.322. The first-order chi connectivity index (χ1) is 15.7. The van der Waals surface area contributed by atoms with E-state index in [2.05, 4.69) is 10.6 Å². The quantitative estimate of drug-likeness (QED) is 0.493. The van der Waals surface area contributed by atoms with E-state index in [4.69, 9.17) is 9.47 Å². The highest BCUT2D eigenvalue weighted by atomic mass is 16.5. The van der Waals surface area contributed by atoms with Crippen LogP contribution < -0.4 is 20.1 Å². The number of methoxy groups -OCH3 is 2. The first-order valence-electron chi connectivity index (χ1n) is 10.7. The Morgan fingerprint density at radius 1 is 0.588 bits per heavy atom. The molecule has 0 bridgehead atoms. The molecule has 2 aromatic carbocycles. The van der Waals surface area contributed by atoms with E-state index in [1.807, 2.05) is 41.5 Å². The molecule has 2 aromatic rings. The van der Waals surface area contributed by atoms with Crippen molar-refractivity contribution >= 4 is 23.4 Å². The third kappa shape index (κ3) is 9.05. The molecule has 0 aliphatic carbocycles. The normalized spacial score (nSPS) is 10.8. The summed E-state index contributed by atoms with van der Waals surface area (Å²) in [6, 6.07) is 13.3. The first-order valence-corrected chi connectivity index (χ1v) is 10.7. The molecule has 0 aliphatic rings. The van der Waals surface area contributed by atoms with E-state index in [0.29, 0.717) is 11.5 Å². The van der Waals surface area contributed by atoms with Crippen molar-refractivity contribution < 1.29 is 28.7 Å². The average molecular weight is 471 g/mol. The van der Waals surface area contributed by atoms with Gasteiger partial charge in [-0.1, -0.05) is 24.3 Å². The van der Waals surface area contributed by atoms with Crippen LogP contribution in [0.1, 0.15) is 62.3 Å². The Balaban J connectivity index is 0.000000340. The summed E-state index contributed by atoms with van der Waals surface area (Å²) in [4.78, 5) is 47.2. The number of benzene rings is 2. The lowest BCUT2D eigenvalue weighted by Gasteiger charge is -2.20. The number of amides is 2. The number of nitrogens with one attached hydrogen (secondary N) is 2. The minimum Gasteiger partial charge on any atom is -0.496 e. The lowest BCUT2D eigenvalue weighted by atomic mass is 10.1. The Hall–Kier alpha value is -3.68. The van der Waals surface area contributed by atoms with E-state index >= 15 is 0 Å². The Bertz CT molecular complexity index is 949. The summed E-state index contributed by atoms with van der Waals surface area (Å²) in [5.74, 6) is -1.61. The van der Waals surface area contributed by atoms with Crippen LogP contribution in [0.3, 0.4) is 0 Å². The van der Waals surface area contributed by atoms with Gasteiger partial charge >= 0.3 is 0 Å². The van der Waals surface area contributed by atoms with Crippen molar-refractivity contribution in [3.05, 3.63) is 59.7 Å². The van der Waals surface area contributed by atoms with Gasteiger partial charge in [-0.05, 0) is 65.8 Å². The third-order valence-electron chi connectivity index (χ3n) is 4.09. The number of Topliss-reactive ketones (excluding diaryl/α,β-unsaturated/α-hetero) is 2. The van der Waals surface area contributed by atoms with Crippen LogP contribution in [-0.2, 0) is 9.59 Å². The predicted octanol–water partition coefficient (Wildman–Crippen LogP) is 3.59. The number of hydrogen-bond acceptors (Lipinski definition) is 6. The minimum absolute atomic E-state index is 0.275. The lowest BCUT2D eigenvalue weighted by Crippen LogP contribution is -2.44. The molecular formula is C26H34N2O6. The third-order valence-corrected chi connectivity index (χ3v) is 4.09. The van der Waals surface area contributed by atoms with Gasteiger partial charge in [0.1, 0.15) is 11.5 Å². The molecule has 0 heterocycles. The highest BCUT2D eigenvalue weighted by molar-refractivity contribution is 6.44. The van der Waals surface area contributed by atoms with Gasteiger partial charge in [-0.3, -0.25) is 19.2 Å². The standard InChI is InChI=1S/2C13H17NO3/c2*1-13(2,3)14-12(16)11(15)9-7-5-6-8-10(9)17-4/h2*5-8H,1-4H3,(H,14,16). The van der Waals surface area contributed by atoms with Crippen LogP contribution >= 0.6 is 0 Å². The van der Waals surface area contributed by atoms with Crippen LogP contribution in [0.25, 0.3) is 0 Å². The molecular weight excluding hydrogens is 436 g/mol. The summed E-state index contributed by atoms with van der Waals surface area (Å²) in [6.07, 6.45) is 0. The molecule has 0 radical (unpaired) electrons. The van der Waals surface area contributed by atoms with Crippen molar-refractivity contribution in [2.24, 2.45) is 0 Å². The van der Waals surface area contributed by atoms with Crippen molar-refractivity contribution in [3.8, 4) is 11.5 Å². The second-order valence-corrected chi connectivity index (χ2v) is 9.47. The largest absolute Gasteiger partial charge is 0.496 e. The number of ketones is 2. The first kappa shape index (κ1) is 28.4. The van der Waals surface area contributed by atoms with Crippen LogP contribution in [0.15, 0.2) is 48.5 Å². The van der Waals surface area contributed by atoms with E-state index in [0.717, 1.165) is 0 Å². The van der Waals surface area contributed by atoms with Crippen LogP contribution in [-0.4, -0.2) is 48.7 Å². The number of para-hydroxylation sites is 2. The Morgan fingerprint density at radius 3 is 1.15 bits per heavy atom. The monoisotopic (exact) mass is 470 g/mol. The van der Waals surface area contributed by atoms with E-state index in [1.165, 1.54) is 14.2 Å². The highest BCUT2D eigenvalue weighted by Crippen LogP contribution is 2.19. The van der Waals surface area contributed by atoms with Gasteiger partial charge in [-0.2, -0.15) is 0 Å². The van der Waals surface area contributed by atoms with E-state index < -0.39 is 34.5 Å². The molecule has 0 unspecified atom stereocenters. The SMILES string of the molecule is COc1ccccc1C(=O)C(=O)NC(C)(C)C.COc1ccccc1C(=O)C(=O)NC(C)(C)C. The summed E-state index contributed by atoms with van der Waals surface area (Å²) >= 11 is 0. The molecule has 0 spiro atoms. The molecule has 34 heavy (non-hydrogen) atoms. The van der Waals surface area contributed by atoms with Gasteiger partial charge in [0.05, 0.1) is 25.3 Å². The van der Waals surface area contributed by atoms with Gasteiger partial charge in [-0.15, -0.1) is 0 Å². The van der Waals surface area contributed by atoms with E-state index in [-0.39, 0.29) is 11.1 Å². The average Bonchev–Trinajstić information content (AvgIpc) is 2.76. The van der Waals surface area contributed by atoms with Crippen LogP contribution in [0.4, 0.5) is 0 Å². The fraction of sp³-hybridized carbons (Fsp3) is 0.385. The van der Waals surface area contributed by atoms with Gasteiger partial charge in [0.2, 0.25) is 0 Å². The number of hydrogen-bond donors (Lipinski definition) is 2. The van der Waals surface area contributed by atoms with Gasteiger partial charge in [-0.25, -0.2) is 0 Å². The molecule has 8 nitrogen and oxygen atoms in total. The van der Waals surface area contributed by atoms with E-state index in [1.54, 1.807) is 48.5 Å². The van der Waals surface area contributed by atoms with Gasteiger partial charge in [0, 0.05) is 11.1 Å². The fourth-order valence-corrected chi connectivity index (χ4v) is 2.70. The molecule has 0 saturated heterocycles. The topological polar surface area (TPSA) is 111 Å². The van der Waals surface area contributed by atoms with Gasteiger partial charge < -0.3 is 20.1 Å². The second-order valence-electron chi connectivity index (χ2n) is 9.47. The predicted molar refractivity (Wildman–Crippen MR) is 130 cm³/mol. The van der Waals surface area contributed by atoms with Crippen molar-refractivity contribution in [2.45, 2.75) is 52.6 Å². The van der Waals surface area contributed by atoms with Crippen molar-refractivity contribution in [2.75, 3.05) is 14.2 Å². The van der Waals surface area contributed by atoms with Crippen LogP contribution in [0.5, 0.6) is 11.5 Å². The zero-order chi connectivity index (χ0) is 26.1. The zero-order valence-electron chi connectivity index (χ0n) is 21.1. The molecule has 184 valence electrons. The van der Waals surface area contributed by atoms with Gasteiger partial charge in [0.25, 0.3) is 23.4 Å². The lowest BCUT2D eigenvalue weighted by molar-refractivity contribution is -0.119. The Morgan fingerprint density at radius 2 is 0.882 bits per heavy atom. The maximum atomic E-state index is 11.9. The molecule has 2 amide bonds. The second kappa shape index (κ2) is 12.0. The molecule has 0 fully saturated rings. The van der Waals surface area contributed by atoms with Crippen molar-refractivity contribution in [1.29, 1.82) is 0 Å². The molecule has 0 atom stereocenters. The smallest absolute Gasteiger partial charge is 0.292 e. The van der Waals surface area contributed by atoms with E-state index in [9.17, 15) is 19.2 Å². The summed E-state index contributed by atoms with van der Waals surface area (Å²) in [5, 5.41) is 5.25. The summed E-state index contributed by atoms with van der Waals surface area (Å²) in [6.45, 7) is 10.9. The molecule has 8 heteroatoms. The van der Waals surface area contributed by atoms with Gasteiger partial charge in [0.15, 0.2) is 0 Å². The van der Waals surface area contributed by atoms with Crippen LogP contribution in [0, 0.1) is 0 Å². The van der Waals surface area contributed by atoms with Crippen molar-refractivity contribution in [1.82, 2.24) is 10.6 Å². The maximum Gasteiger partial charge on any atom is 0.292 e. The zero-order valence-corrected chi connectivity index (χ0v) is 21.1. The Kier molecular flexibility index (Phi) is 9.98. The van der Waals surface area contributed by atoms with Crippen molar-refractivity contribution in [3.63, 3.8) is 0 Å². The molecule has 0 aliphatic heterocycles. The highest BCUT2D eigenvalue weighted by Gasteiger charge is 2.24.